The molecule has 0 aliphatic carbocycles. The molecule has 0 radical (unpaired) electrons. The molecule has 0 aromatic heterocycles. The molecule has 0 saturated carbocycles. The molecule has 0 aliphatic rings. The number of carbonyl (C=O) groups is 2. The lowest BCUT2D eigenvalue weighted by Crippen LogP contribution is -2.07. The summed E-state index contributed by atoms with van der Waals surface area (Å²) in [7, 11) is 1.00. The summed E-state index contributed by atoms with van der Waals surface area (Å²) in [5, 5.41) is 14.8. The van der Waals surface area contributed by atoms with Crippen LogP contribution in [0.2, 0.25) is 0 Å². The van der Waals surface area contributed by atoms with Gasteiger partial charge in [0.1, 0.15) is 0 Å². The third kappa shape index (κ3) is 6.98. The van der Waals surface area contributed by atoms with Crippen molar-refractivity contribution >= 4 is 22.8 Å². The third-order valence-corrected chi connectivity index (χ3v) is 3.38. The topological polar surface area (TPSA) is 74.6 Å². The fourth-order valence-corrected chi connectivity index (χ4v) is 2.25. The number of aliphatic hydroxyl groups is 1. The highest BCUT2D eigenvalue weighted by Crippen LogP contribution is 2.24. The largest absolute Gasteiger partial charge is 0.475 e. The number of aliphatic hydroxyl groups excluding tert-OH is 1. The maximum absolute atomic E-state index is 11.2. The van der Waals surface area contributed by atoms with Gasteiger partial charge < -0.3 is 10.2 Å². The van der Waals surface area contributed by atoms with Crippen molar-refractivity contribution in [1.82, 2.24) is 0 Å². The van der Waals surface area contributed by atoms with Gasteiger partial charge in [0.05, 0.1) is 0 Å². The molecule has 0 atom stereocenters. The van der Waals surface area contributed by atoms with Crippen LogP contribution in [0, 0.1) is 0 Å². The molecule has 19 heavy (non-hydrogen) atoms. The highest BCUT2D eigenvalue weighted by molar-refractivity contribution is 8.15. The van der Waals surface area contributed by atoms with Crippen molar-refractivity contribution in [1.29, 1.82) is 0 Å². The van der Waals surface area contributed by atoms with E-state index in [1.807, 2.05) is 18.2 Å². The van der Waals surface area contributed by atoms with Crippen molar-refractivity contribution in [3.8, 4) is 0 Å². The van der Waals surface area contributed by atoms with Crippen molar-refractivity contribution < 1.29 is 19.8 Å². The zero-order valence-electron chi connectivity index (χ0n) is 11.3. The van der Waals surface area contributed by atoms with Gasteiger partial charge in [-0.3, -0.25) is 4.79 Å². The summed E-state index contributed by atoms with van der Waals surface area (Å²) in [4.78, 5) is 22.4. The summed E-state index contributed by atoms with van der Waals surface area (Å²) >= 11 is 0.798. The van der Waals surface area contributed by atoms with E-state index in [4.69, 9.17) is 10.2 Å². The van der Waals surface area contributed by atoms with Gasteiger partial charge in [0, 0.05) is 12.0 Å². The minimum atomic E-state index is -1.39. The number of rotatable bonds is 5. The van der Waals surface area contributed by atoms with E-state index in [2.05, 4.69) is 6.92 Å². The second kappa shape index (κ2) is 10.6. The lowest BCUT2D eigenvalue weighted by molar-refractivity contribution is -0.144. The summed E-state index contributed by atoms with van der Waals surface area (Å²) in [5.74, 6) is -1.39. The van der Waals surface area contributed by atoms with E-state index < -0.39 is 11.1 Å². The second-order valence-corrected chi connectivity index (χ2v) is 4.77. The van der Waals surface area contributed by atoms with Crippen LogP contribution in [0.25, 0.3) is 0 Å². The normalized spacial score (nSPS) is 9.42. The average molecular weight is 284 g/mol. The van der Waals surface area contributed by atoms with Crippen molar-refractivity contribution in [3.05, 3.63) is 29.8 Å². The first-order valence-corrected chi connectivity index (χ1v) is 6.94. The van der Waals surface area contributed by atoms with Gasteiger partial charge in [-0.2, -0.15) is 0 Å². The second-order valence-electron chi connectivity index (χ2n) is 3.76. The molecule has 0 amide bonds. The summed E-state index contributed by atoms with van der Waals surface area (Å²) < 4.78 is 0. The Hall–Kier alpha value is -1.33. The highest BCUT2D eigenvalue weighted by Gasteiger charge is 2.15. The van der Waals surface area contributed by atoms with Crippen LogP contribution in [0.4, 0.5) is 0 Å². The van der Waals surface area contributed by atoms with Gasteiger partial charge in [-0.25, -0.2) is 4.79 Å². The van der Waals surface area contributed by atoms with Crippen LogP contribution in [0.1, 0.15) is 31.7 Å². The molecular formula is C14H20O4S. The molecule has 1 aromatic rings. The SMILES string of the molecule is CCCCCc1ccccc1SC(=O)C(=O)O.CO. The number of benzene rings is 1. The van der Waals surface area contributed by atoms with Crippen LogP contribution < -0.4 is 0 Å². The first kappa shape index (κ1) is 17.7. The monoisotopic (exact) mass is 284 g/mol. The van der Waals surface area contributed by atoms with Crippen LogP contribution in [0.5, 0.6) is 0 Å². The van der Waals surface area contributed by atoms with Gasteiger partial charge in [-0.05, 0) is 36.2 Å². The molecule has 4 nitrogen and oxygen atoms in total. The fraction of sp³-hybridized carbons (Fsp3) is 0.429. The maximum Gasteiger partial charge on any atom is 0.383 e. The van der Waals surface area contributed by atoms with E-state index in [9.17, 15) is 9.59 Å². The van der Waals surface area contributed by atoms with Crippen LogP contribution in [0.3, 0.4) is 0 Å². The molecule has 0 saturated heterocycles. The Kier molecular flexibility index (Phi) is 9.84. The smallest absolute Gasteiger partial charge is 0.383 e. The Morgan fingerprint density at radius 1 is 1.16 bits per heavy atom. The lowest BCUT2D eigenvalue weighted by Gasteiger charge is -2.06. The number of aliphatic carboxylic acids is 1. The van der Waals surface area contributed by atoms with E-state index in [0.717, 1.165) is 55.0 Å². The van der Waals surface area contributed by atoms with Crippen LogP contribution in [-0.2, 0) is 16.0 Å². The predicted octanol–water partition coefficient (Wildman–Crippen LogP) is 2.73. The van der Waals surface area contributed by atoms with E-state index in [0.29, 0.717) is 0 Å². The molecule has 0 bridgehead atoms. The van der Waals surface area contributed by atoms with Gasteiger partial charge in [-0.1, -0.05) is 38.0 Å². The summed E-state index contributed by atoms with van der Waals surface area (Å²) in [6.07, 6.45) is 4.24. The van der Waals surface area contributed by atoms with E-state index in [1.165, 1.54) is 0 Å². The van der Waals surface area contributed by atoms with Crippen LogP contribution in [0.15, 0.2) is 29.2 Å². The molecule has 2 N–H and O–H groups in total. The number of carbonyl (C=O) groups excluding carboxylic acids is 1. The number of unbranched alkanes of at least 4 members (excludes halogenated alkanes) is 2. The van der Waals surface area contributed by atoms with Crippen molar-refractivity contribution in [2.75, 3.05) is 7.11 Å². The van der Waals surface area contributed by atoms with Crippen LogP contribution in [-0.4, -0.2) is 28.4 Å². The molecule has 0 spiro atoms. The van der Waals surface area contributed by atoms with Gasteiger partial charge in [0.15, 0.2) is 0 Å². The minimum absolute atomic E-state index is 0.760. The van der Waals surface area contributed by atoms with Gasteiger partial charge in [0.25, 0.3) is 0 Å². The van der Waals surface area contributed by atoms with E-state index in [1.54, 1.807) is 6.07 Å². The number of hydrogen-bond acceptors (Lipinski definition) is 4. The first-order valence-electron chi connectivity index (χ1n) is 6.13. The minimum Gasteiger partial charge on any atom is -0.475 e. The molecule has 106 valence electrons. The quantitative estimate of drug-likeness (QED) is 0.494. The Bertz CT molecular complexity index is 404. The number of aryl methyl sites for hydroxylation is 1. The Morgan fingerprint density at radius 2 is 1.79 bits per heavy atom. The molecule has 0 unspecified atom stereocenters. The highest BCUT2D eigenvalue weighted by atomic mass is 32.2. The molecule has 5 heteroatoms. The predicted molar refractivity (Wildman–Crippen MR) is 76.3 cm³/mol. The standard InChI is InChI=1S/C13H16O3S.CH4O/c1-2-3-4-7-10-8-5-6-9-11(10)17-13(16)12(14)15;1-2/h5-6,8-9H,2-4,7H2,1H3,(H,14,15);2H,1H3. The molecule has 1 rings (SSSR count). The summed E-state index contributed by atoms with van der Waals surface area (Å²) in [6.45, 7) is 2.13. The zero-order valence-corrected chi connectivity index (χ0v) is 12.1. The summed E-state index contributed by atoms with van der Waals surface area (Å²) in [5.41, 5.74) is 1.06. The molecule has 0 heterocycles. The van der Waals surface area contributed by atoms with E-state index in [-0.39, 0.29) is 0 Å². The molecular weight excluding hydrogens is 264 g/mol. The van der Waals surface area contributed by atoms with Crippen molar-refractivity contribution in [3.63, 3.8) is 0 Å². The van der Waals surface area contributed by atoms with Gasteiger partial charge >= 0.3 is 11.1 Å². The fourth-order valence-electron chi connectivity index (χ4n) is 1.52. The number of thioether (sulfide) groups is 1. The van der Waals surface area contributed by atoms with Crippen molar-refractivity contribution in [2.24, 2.45) is 0 Å². The summed E-state index contributed by atoms with van der Waals surface area (Å²) in [6, 6.07) is 7.48. The van der Waals surface area contributed by atoms with Gasteiger partial charge in [0.2, 0.25) is 0 Å². The van der Waals surface area contributed by atoms with Gasteiger partial charge in [-0.15, -0.1) is 0 Å². The van der Waals surface area contributed by atoms with Crippen LogP contribution >= 0.6 is 11.8 Å². The zero-order chi connectivity index (χ0) is 14.7. The number of carboxylic acids is 1. The average Bonchev–Trinajstić information content (AvgIpc) is 2.43. The Balaban J connectivity index is 0.00000154. The number of carboxylic acid groups (broad SMARTS) is 1. The Labute approximate surface area is 117 Å². The van der Waals surface area contributed by atoms with E-state index >= 15 is 0 Å². The molecule has 0 aliphatic heterocycles. The molecule has 0 fully saturated rings. The number of hydrogen-bond donors (Lipinski definition) is 2. The maximum atomic E-state index is 11.2. The lowest BCUT2D eigenvalue weighted by atomic mass is 10.1. The Morgan fingerprint density at radius 3 is 2.37 bits per heavy atom. The van der Waals surface area contributed by atoms with Crippen molar-refractivity contribution in [2.45, 2.75) is 37.5 Å². The third-order valence-electron chi connectivity index (χ3n) is 2.40. The molecule has 1 aromatic carbocycles. The first-order chi connectivity index (χ1) is 9.15.